The molecule has 1 aliphatic heterocycles. The third-order valence-electron chi connectivity index (χ3n) is 4.18. The van der Waals surface area contributed by atoms with Crippen molar-refractivity contribution in [1.29, 1.82) is 0 Å². The number of nitrogens with one attached hydrogen (secondary N) is 2. The van der Waals surface area contributed by atoms with Crippen LogP contribution in [-0.4, -0.2) is 27.2 Å². The molecule has 7 heteroatoms. The highest BCUT2D eigenvalue weighted by atomic mass is 32.1. The molecule has 1 amide bonds. The second-order valence-corrected chi connectivity index (χ2v) is 7.14. The number of hydrogen-bond acceptors (Lipinski definition) is 5. The molecule has 0 fully saturated rings. The molecule has 1 unspecified atom stereocenters. The lowest BCUT2D eigenvalue weighted by Gasteiger charge is -2.13. The van der Waals surface area contributed by atoms with Gasteiger partial charge >= 0.3 is 0 Å². The third kappa shape index (κ3) is 3.45. The summed E-state index contributed by atoms with van der Waals surface area (Å²) in [6.45, 7) is 8.74. The number of carbonyl (C=O) groups is 1. The lowest BCUT2D eigenvalue weighted by atomic mass is 10.2. The van der Waals surface area contributed by atoms with E-state index in [1.165, 1.54) is 4.88 Å². The van der Waals surface area contributed by atoms with E-state index in [9.17, 15) is 4.79 Å². The van der Waals surface area contributed by atoms with Crippen LogP contribution in [0.15, 0.2) is 6.07 Å². The van der Waals surface area contributed by atoms with Gasteiger partial charge in [0.2, 0.25) is 0 Å². The molecule has 23 heavy (non-hydrogen) atoms. The van der Waals surface area contributed by atoms with Crippen LogP contribution in [0.5, 0.6) is 0 Å². The van der Waals surface area contributed by atoms with Gasteiger partial charge in [-0.2, -0.15) is 5.10 Å². The molecular formula is C16H23N5OS. The second-order valence-electron chi connectivity index (χ2n) is 5.90. The maximum atomic E-state index is 12.6. The molecule has 0 aliphatic carbocycles. The third-order valence-corrected chi connectivity index (χ3v) is 5.37. The number of aromatic nitrogens is 3. The minimum absolute atomic E-state index is 0.0560. The zero-order valence-electron chi connectivity index (χ0n) is 13.8. The summed E-state index contributed by atoms with van der Waals surface area (Å²) >= 11 is 1.65. The molecule has 0 bridgehead atoms. The number of hydrogen-bond donors (Lipinski definition) is 2. The molecular weight excluding hydrogens is 310 g/mol. The molecule has 0 radical (unpaired) electrons. The van der Waals surface area contributed by atoms with E-state index < -0.39 is 0 Å². The fourth-order valence-corrected chi connectivity index (χ4v) is 3.75. The normalized spacial score (nSPS) is 15.8. The Kier molecular flexibility index (Phi) is 4.77. The van der Waals surface area contributed by atoms with Gasteiger partial charge in [0, 0.05) is 18.0 Å². The first-order chi connectivity index (χ1) is 11.1. The quantitative estimate of drug-likeness (QED) is 0.901. The lowest BCUT2D eigenvalue weighted by Crippen LogP contribution is -2.28. The summed E-state index contributed by atoms with van der Waals surface area (Å²) in [5.74, 6) is -0.122. The van der Waals surface area contributed by atoms with Gasteiger partial charge in [0.25, 0.3) is 5.91 Å². The van der Waals surface area contributed by atoms with Crippen molar-refractivity contribution in [3.05, 3.63) is 33.0 Å². The van der Waals surface area contributed by atoms with Gasteiger partial charge in [0.15, 0.2) is 5.69 Å². The maximum absolute atomic E-state index is 12.6. The molecule has 1 atom stereocenters. The molecule has 0 aromatic carbocycles. The molecule has 0 saturated heterocycles. The number of nitrogens with zero attached hydrogens (tertiary/aromatic N) is 3. The van der Waals surface area contributed by atoms with E-state index in [2.05, 4.69) is 34.6 Å². The van der Waals surface area contributed by atoms with E-state index in [0.717, 1.165) is 48.9 Å². The first-order valence-electron chi connectivity index (χ1n) is 8.10. The Balaban J connectivity index is 1.75. The first-order valence-corrected chi connectivity index (χ1v) is 8.92. The molecule has 1 aliphatic rings. The van der Waals surface area contributed by atoms with Crippen molar-refractivity contribution in [3.63, 3.8) is 0 Å². The average Bonchev–Trinajstić information content (AvgIpc) is 3.01. The van der Waals surface area contributed by atoms with Gasteiger partial charge in [0.05, 0.1) is 17.4 Å². The standard InChI is InChI=1S/C16H23N5OS/c1-4-13(16-18-10(2)11(3)23-16)19-15(22)14-8-12-9-17-6-5-7-21(12)20-14/h8,13,17H,4-7,9H2,1-3H3,(H,19,22). The number of carbonyl (C=O) groups excluding carboxylic acids is 1. The summed E-state index contributed by atoms with van der Waals surface area (Å²) in [6, 6.07) is 1.83. The summed E-state index contributed by atoms with van der Waals surface area (Å²) in [5, 5.41) is 11.9. The monoisotopic (exact) mass is 333 g/mol. The zero-order chi connectivity index (χ0) is 16.4. The summed E-state index contributed by atoms with van der Waals surface area (Å²) in [7, 11) is 0. The van der Waals surface area contributed by atoms with Gasteiger partial charge in [0.1, 0.15) is 5.01 Å². The van der Waals surface area contributed by atoms with Crippen LogP contribution in [0.1, 0.15) is 57.6 Å². The zero-order valence-corrected chi connectivity index (χ0v) is 14.7. The largest absolute Gasteiger partial charge is 0.341 e. The minimum Gasteiger partial charge on any atom is -0.341 e. The van der Waals surface area contributed by atoms with Crippen LogP contribution in [0.2, 0.25) is 0 Å². The van der Waals surface area contributed by atoms with Gasteiger partial charge in [-0.3, -0.25) is 9.48 Å². The van der Waals surface area contributed by atoms with Crippen LogP contribution < -0.4 is 10.6 Å². The summed E-state index contributed by atoms with van der Waals surface area (Å²) in [5.41, 5.74) is 2.60. The van der Waals surface area contributed by atoms with Crippen molar-refractivity contribution in [1.82, 2.24) is 25.4 Å². The Hall–Kier alpha value is -1.73. The van der Waals surface area contributed by atoms with Gasteiger partial charge in [-0.15, -0.1) is 11.3 Å². The number of amides is 1. The fraction of sp³-hybridized carbons (Fsp3) is 0.562. The predicted octanol–water partition coefficient (Wildman–Crippen LogP) is 2.33. The summed E-state index contributed by atoms with van der Waals surface area (Å²) < 4.78 is 1.94. The maximum Gasteiger partial charge on any atom is 0.272 e. The molecule has 6 nitrogen and oxygen atoms in total. The molecule has 2 aromatic heterocycles. The fourth-order valence-electron chi connectivity index (χ4n) is 2.69. The molecule has 3 rings (SSSR count). The Morgan fingerprint density at radius 1 is 1.52 bits per heavy atom. The van der Waals surface area contributed by atoms with Gasteiger partial charge in [-0.05, 0) is 39.3 Å². The van der Waals surface area contributed by atoms with E-state index in [-0.39, 0.29) is 11.9 Å². The SMILES string of the molecule is CCC(NC(=O)c1cc2n(n1)CCCNC2)c1nc(C)c(C)s1. The van der Waals surface area contributed by atoms with Gasteiger partial charge < -0.3 is 10.6 Å². The minimum atomic E-state index is -0.122. The van der Waals surface area contributed by atoms with Crippen molar-refractivity contribution >= 4 is 17.2 Å². The van der Waals surface area contributed by atoms with Crippen LogP contribution >= 0.6 is 11.3 Å². The Morgan fingerprint density at radius 2 is 2.35 bits per heavy atom. The highest BCUT2D eigenvalue weighted by Crippen LogP contribution is 2.25. The predicted molar refractivity (Wildman–Crippen MR) is 90.6 cm³/mol. The van der Waals surface area contributed by atoms with Crippen molar-refractivity contribution in [2.24, 2.45) is 0 Å². The lowest BCUT2D eigenvalue weighted by molar-refractivity contribution is 0.0929. The van der Waals surface area contributed by atoms with Crippen molar-refractivity contribution in [3.8, 4) is 0 Å². The van der Waals surface area contributed by atoms with Gasteiger partial charge in [-0.1, -0.05) is 6.92 Å². The van der Waals surface area contributed by atoms with Crippen LogP contribution in [0.4, 0.5) is 0 Å². The molecule has 3 heterocycles. The van der Waals surface area contributed by atoms with E-state index in [4.69, 9.17) is 0 Å². The van der Waals surface area contributed by atoms with Crippen LogP contribution in [0.25, 0.3) is 0 Å². The Labute approximate surface area is 140 Å². The summed E-state index contributed by atoms with van der Waals surface area (Å²) in [4.78, 5) is 18.3. The van der Waals surface area contributed by atoms with Crippen molar-refractivity contribution in [2.45, 2.75) is 52.7 Å². The van der Waals surface area contributed by atoms with Crippen molar-refractivity contribution in [2.75, 3.05) is 6.54 Å². The number of aryl methyl sites for hydroxylation is 3. The van der Waals surface area contributed by atoms with E-state index in [0.29, 0.717) is 5.69 Å². The number of fused-ring (bicyclic) bond motifs is 1. The first kappa shape index (κ1) is 16.1. The number of rotatable bonds is 4. The van der Waals surface area contributed by atoms with Crippen molar-refractivity contribution < 1.29 is 4.79 Å². The van der Waals surface area contributed by atoms with Crippen LogP contribution in [0.3, 0.4) is 0 Å². The molecule has 2 N–H and O–H groups in total. The van der Waals surface area contributed by atoms with Gasteiger partial charge in [-0.25, -0.2) is 4.98 Å². The Bertz CT molecular complexity index is 662. The molecule has 0 saturated carbocycles. The second kappa shape index (κ2) is 6.80. The molecule has 2 aromatic rings. The van der Waals surface area contributed by atoms with E-state index >= 15 is 0 Å². The highest BCUT2D eigenvalue weighted by Gasteiger charge is 2.21. The Morgan fingerprint density at radius 3 is 3.04 bits per heavy atom. The van der Waals surface area contributed by atoms with Crippen LogP contribution in [0, 0.1) is 13.8 Å². The highest BCUT2D eigenvalue weighted by molar-refractivity contribution is 7.11. The van der Waals surface area contributed by atoms with Crippen LogP contribution in [-0.2, 0) is 13.1 Å². The van der Waals surface area contributed by atoms with E-state index in [1.54, 1.807) is 11.3 Å². The smallest absolute Gasteiger partial charge is 0.272 e. The van der Waals surface area contributed by atoms with E-state index in [1.807, 2.05) is 17.7 Å². The number of thiazole rings is 1. The topological polar surface area (TPSA) is 71.8 Å². The molecule has 124 valence electrons. The molecule has 0 spiro atoms. The average molecular weight is 333 g/mol. The summed E-state index contributed by atoms with van der Waals surface area (Å²) in [6.07, 6.45) is 1.85.